The highest BCUT2D eigenvalue weighted by molar-refractivity contribution is 5.98. The first-order chi connectivity index (χ1) is 16.8. The first-order valence-electron chi connectivity index (χ1n) is 11.3. The van der Waals surface area contributed by atoms with Gasteiger partial charge in [0, 0.05) is 54.2 Å². The van der Waals surface area contributed by atoms with E-state index in [4.69, 9.17) is 14.2 Å². The number of aliphatic imine (C=N–C) groups is 1. The van der Waals surface area contributed by atoms with Crippen molar-refractivity contribution in [1.82, 2.24) is 19.9 Å². The molecule has 0 spiro atoms. The second-order valence-electron chi connectivity index (χ2n) is 7.74. The van der Waals surface area contributed by atoms with Crippen molar-refractivity contribution in [2.24, 2.45) is 4.99 Å². The van der Waals surface area contributed by atoms with Crippen molar-refractivity contribution >= 4 is 22.9 Å². The van der Waals surface area contributed by atoms with Crippen molar-refractivity contribution in [1.29, 1.82) is 0 Å². The summed E-state index contributed by atoms with van der Waals surface area (Å²) >= 11 is 0. The third-order valence-electron chi connectivity index (χ3n) is 5.40. The van der Waals surface area contributed by atoms with Gasteiger partial charge in [-0.2, -0.15) is 9.97 Å². The Labute approximate surface area is 197 Å². The zero-order valence-electron chi connectivity index (χ0n) is 18.8. The number of nitrogens with zero attached hydrogens (tertiary/aromatic N) is 5. The summed E-state index contributed by atoms with van der Waals surface area (Å²) in [6.07, 6.45) is 7.21. The summed E-state index contributed by atoms with van der Waals surface area (Å²) in [5.41, 5.74) is 2.92. The van der Waals surface area contributed by atoms with Crippen molar-refractivity contribution in [3.63, 3.8) is 0 Å². The normalized spacial score (nSPS) is 14.1. The van der Waals surface area contributed by atoms with Crippen LogP contribution in [0.5, 0.6) is 11.8 Å². The zero-order chi connectivity index (χ0) is 23.0. The molecule has 1 aromatic carbocycles. The molecular weight excluding hydrogens is 432 g/mol. The Hall–Kier alpha value is -3.98. The molecule has 1 N–H and O–H groups in total. The molecule has 0 radical (unpaired) electrons. The number of ether oxygens (including phenoxy) is 3. The Morgan fingerprint density at radius 3 is 2.82 bits per heavy atom. The maximum Gasteiger partial charge on any atom is 0.318 e. The van der Waals surface area contributed by atoms with E-state index < -0.39 is 0 Å². The van der Waals surface area contributed by atoms with Gasteiger partial charge in [0.25, 0.3) is 0 Å². The van der Waals surface area contributed by atoms with Crippen molar-refractivity contribution in [2.45, 2.75) is 6.54 Å². The highest BCUT2D eigenvalue weighted by atomic mass is 16.5. The highest BCUT2D eigenvalue weighted by Crippen LogP contribution is 2.19. The number of para-hydroxylation sites is 1. The van der Waals surface area contributed by atoms with E-state index in [0.29, 0.717) is 44.7 Å². The zero-order valence-corrected chi connectivity index (χ0v) is 18.8. The largest absolute Gasteiger partial charge is 0.488 e. The second kappa shape index (κ2) is 10.8. The van der Waals surface area contributed by atoms with Gasteiger partial charge in [-0.05, 0) is 18.2 Å². The number of fused-ring (bicyclic) bond motifs is 1. The molecule has 0 saturated carbocycles. The molecule has 0 atom stereocenters. The van der Waals surface area contributed by atoms with Gasteiger partial charge in [0.15, 0.2) is 0 Å². The van der Waals surface area contributed by atoms with Crippen molar-refractivity contribution < 1.29 is 14.2 Å². The fraction of sp³-hybridized carbons (Fsp3) is 0.280. The number of rotatable bonds is 9. The number of benzene rings is 1. The number of nitrogens with one attached hydrogen (secondary N) is 1. The molecule has 1 aliphatic heterocycles. The molecule has 9 heteroatoms. The van der Waals surface area contributed by atoms with E-state index in [9.17, 15) is 0 Å². The highest BCUT2D eigenvalue weighted by Gasteiger charge is 2.15. The quantitative estimate of drug-likeness (QED) is 0.304. The summed E-state index contributed by atoms with van der Waals surface area (Å²) in [5.74, 6) is 1.51. The lowest BCUT2D eigenvalue weighted by molar-refractivity contribution is 0.122. The summed E-state index contributed by atoms with van der Waals surface area (Å²) < 4.78 is 17.0. The summed E-state index contributed by atoms with van der Waals surface area (Å²) in [7, 11) is 0. The lowest BCUT2D eigenvalue weighted by Gasteiger charge is -2.28. The maximum absolute atomic E-state index is 5.83. The van der Waals surface area contributed by atoms with Crippen LogP contribution >= 0.6 is 0 Å². The Balaban J connectivity index is 1.27. The minimum Gasteiger partial charge on any atom is -0.488 e. The SMILES string of the molecule is C(=NCc1cc(N2CCOCC2)nc(OCCOc2cccnc2)n1)c1c[nH]c2ccccc12. The van der Waals surface area contributed by atoms with E-state index in [1.54, 1.807) is 12.4 Å². The van der Waals surface area contributed by atoms with E-state index in [-0.39, 0.29) is 0 Å². The Kier molecular flexibility index (Phi) is 6.91. The smallest absolute Gasteiger partial charge is 0.318 e. The molecule has 0 unspecified atom stereocenters. The van der Waals surface area contributed by atoms with Crippen LogP contribution in [0.25, 0.3) is 10.9 Å². The van der Waals surface area contributed by atoms with Crippen molar-refractivity contribution in [3.8, 4) is 11.8 Å². The van der Waals surface area contributed by atoms with Gasteiger partial charge in [-0.25, -0.2) is 0 Å². The van der Waals surface area contributed by atoms with Gasteiger partial charge < -0.3 is 24.1 Å². The van der Waals surface area contributed by atoms with Crippen LogP contribution in [0.3, 0.4) is 0 Å². The standard InChI is InChI=1S/C25H26N6O3/c1-2-6-23-22(5-1)19(16-28-23)15-27-17-20-14-24(31-8-10-32-11-9-31)30-25(29-20)34-13-12-33-21-4-3-7-26-18-21/h1-7,14-16,18,28H,8-13,17H2. The first-order valence-corrected chi connectivity index (χ1v) is 11.3. The average molecular weight is 459 g/mol. The van der Waals surface area contributed by atoms with E-state index in [1.807, 2.05) is 48.8 Å². The Morgan fingerprint density at radius 1 is 1.06 bits per heavy atom. The number of morpholine rings is 1. The molecule has 9 nitrogen and oxygen atoms in total. The van der Waals surface area contributed by atoms with Gasteiger partial charge in [0.05, 0.1) is 31.6 Å². The summed E-state index contributed by atoms with van der Waals surface area (Å²) in [6, 6.07) is 14.1. The molecule has 5 rings (SSSR count). The van der Waals surface area contributed by atoms with Gasteiger partial charge in [0.2, 0.25) is 0 Å². The number of hydrogen-bond acceptors (Lipinski definition) is 8. The number of aromatic amines is 1. The monoisotopic (exact) mass is 458 g/mol. The summed E-state index contributed by atoms with van der Waals surface area (Å²) in [5, 5.41) is 1.14. The predicted molar refractivity (Wildman–Crippen MR) is 130 cm³/mol. The third-order valence-corrected chi connectivity index (χ3v) is 5.40. The van der Waals surface area contributed by atoms with Crippen LogP contribution < -0.4 is 14.4 Å². The van der Waals surface area contributed by atoms with Gasteiger partial charge in [0.1, 0.15) is 24.8 Å². The molecule has 0 bridgehead atoms. The summed E-state index contributed by atoms with van der Waals surface area (Å²) in [4.78, 5) is 23.3. The second-order valence-corrected chi connectivity index (χ2v) is 7.74. The van der Waals surface area contributed by atoms with Crippen LogP contribution in [-0.4, -0.2) is 65.7 Å². The maximum atomic E-state index is 5.83. The minimum atomic E-state index is 0.316. The molecule has 174 valence electrons. The molecule has 4 heterocycles. The molecular formula is C25H26N6O3. The van der Waals surface area contributed by atoms with Crippen LogP contribution in [-0.2, 0) is 11.3 Å². The average Bonchev–Trinajstić information content (AvgIpc) is 3.31. The number of H-pyrrole nitrogens is 1. The van der Waals surface area contributed by atoms with Gasteiger partial charge in [-0.3, -0.25) is 9.98 Å². The molecule has 0 amide bonds. The van der Waals surface area contributed by atoms with Crippen LogP contribution in [0.4, 0.5) is 5.82 Å². The fourth-order valence-electron chi connectivity index (χ4n) is 3.72. The van der Waals surface area contributed by atoms with E-state index in [1.165, 1.54) is 0 Å². The molecule has 1 aliphatic rings. The van der Waals surface area contributed by atoms with Gasteiger partial charge in [-0.1, -0.05) is 18.2 Å². The molecule has 1 saturated heterocycles. The van der Waals surface area contributed by atoms with Gasteiger partial charge in [-0.15, -0.1) is 0 Å². The fourth-order valence-corrected chi connectivity index (χ4v) is 3.72. The van der Waals surface area contributed by atoms with Crippen LogP contribution in [0.1, 0.15) is 11.3 Å². The van der Waals surface area contributed by atoms with Crippen molar-refractivity contribution in [3.05, 3.63) is 72.3 Å². The Morgan fingerprint density at radius 2 is 1.94 bits per heavy atom. The van der Waals surface area contributed by atoms with E-state index >= 15 is 0 Å². The number of aromatic nitrogens is 4. The predicted octanol–water partition coefficient (Wildman–Crippen LogP) is 3.27. The lowest BCUT2D eigenvalue weighted by atomic mass is 10.2. The van der Waals surface area contributed by atoms with Crippen LogP contribution in [0.2, 0.25) is 0 Å². The lowest BCUT2D eigenvalue weighted by Crippen LogP contribution is -2.37. The Bertz CT molecular complexity index is 1240. The minimum absolute atomic E-state index is 0.316. The number of hydrogen-bond donors (Lipinski definition) is 1. The molecule has 3 aromatic heterocycles. The van der Waals surface area contributed by atoms with Crippen LogP contribution in [0, 0.1) is 0 Å². The van der Waals surface area contributed by atoms with Crippen LogP contribution in [0.15, 0.2) is 66.0 Å². The number of anilines is 1. The third kappa shape index (κ3) is 5.49. The van der Waals surface area contributed by atoms with E-state index in [2.05, 4.69) is 35.9 Å². The number of pyridine rings is 1. The van der Waals surface area contributed by atoms with E-state index in [0.717, 1.165) is 41.1 Å². The van der Waals surface area contributed by atoms with Gasteiger partial charge >= 0.3 is 6.01 Å². The first kappa shape index (κ1) is 21.8. The topological polar surface area (TPSA) is 97.8 Å². The molecule has 34 heavy (non-hydrogen) atoms. The molecule has 4 aromatic rings. The van der Waals surface area contributed by atoms with Crippen molar-refractivity contribution in [2.75, 3.05) is 44.4 Å². The molecule has 0 aliphatic carbocycles. The molecule has 1 fully saturated rings. The summed E-state index contributed by atoms with van der Waals surface area (Å²) in [6.45, 7) is 4.00.